The highest BCUT2D eigenvalue weighted by Crippen LogP contribution is 2.50. The van der Waals surface area contributed by atoms with Crippen LogP contribution in [0.2, 0.25) is 5.02 Å². The van der Waals surface area contributed by atoms with Gasteiger partial charge in [0, 0.05) is 22.4 Å². The standard InChI is InChI=1S/C15H19ClO2/c1-2-7-14-8-9-15(17-10-14,18-11-14)12-3-5-13(16)6-4-12/h3-6H,2,7-11H2,1H3. The van der Waals surface area contributed by atoms with E-state index in [1.165, 1.54) is 19.3 Å². The first kappa shape index (κ1) is 12.5. The molecule has 0 spiro atoms. The van der Waals surface area contributed by atoms with Gasteiger partial charge in [-0.15, -0.1) is 0 Å². The molecule has 3 fully saturated rings. The molecule has 0 N–H and O–H groups in total. The van der Waals surface area contributed by atoms with Gasteiger partial charge in [0.2, 0.25) is 0 Å². The van der Waals surface area contributed by atoms with E-state index < -0.39 is 5.79 Å². The number of fused-ring (bicyclic) bond motifs is 3. The Morgan fingerprint density at radius 1 is 1.11 bits per heavy atom. The predicted molar refractivity (Wildman–Crippen MR) is 71.6 cm³/mol. The largest absolute Gasteiger partial charge is 0.345 e. The average molecular weight is 267 g/mol. The molecule has 0 unspecified atom stereocenters. The van der Waals surface area contributed by atoms with Crippen LogP contribution in [-0.2, 0) is 15.3 Å². The summed E-state index contributed by atoms with van der Waals surface area (Å²) in [5, 5.41) is 0.752. The number of benzene rings is 1. The Kier molecular flexibility index (Phi) is 3.13. The first-order chi connectivity index (χ1) is 8.68. The molecule has 98 valence electrons. The summed E-state index contributed by atoms with van der Waals surface area (Å²) in [6, 6.07) is 7.84. The molecule has 3 heteroatoms. The molecule has 3 saturated heterocycles. The highest BCUT2D eigenvalue weighted by molar-refractivity contribution is 6.30. The van der Waals surface area contributed by atoms with Gasteiger partial charge in [-0.3, -0.25) is 0 Å². The van der Waals surface area contributed by atoms with Crippen molar-refractivity contribution in [1.82, 2.24) is 0 Å². The fraction of sp³-hybridized carbons (Fsp3) is 0.600. The minimum atomic E-state index is -0.514. The maximum absolute atomic E-state index is 6.08. The van der Waals surface area contributed by atoms with Crippen LogP contribution in [0.4, 0.5) is 0 Å². The van der Waals surface area contributed by atoms with Gasteiger partial charge in [0.25, 0.3) is 0 Å². The van der Waals surface area contributed by atoms with Gasteiger partial charge >= 0.3 is 0 Å². The molecule has 0 saturated carbocycles. The van der Waals surface area contributed by atoms with E-state index in [0.717, 1.165) is 30.2 Å². The lowest BCUT2D eigenvalue weighted by atomic mass is 9.74. The molecule has 3 aliphatic rings. The normalized spacial score (nSPS) is 34.8. The Bertz CT molecular complexity index is 402. The molecule has 0 atom stereocenters. The van der Waals surface area contributed by atoms with Crippen molar-refractivity contribution in [1.29, 1.82) is 0 Å². The van der Waals surface area contributed by atoms with E-state index in [4.69, 9.17) is 21.1 Å². The van der Waals surface area contributed by atoms with E-state index >= 15 is 0 Å². The molecular formula is C15H19ClO2. The maximum Gasteiger partial charge on any atom is 0.194 e. The third-order valence-corrected chi connectivity index (χ3v) is 4.52. The first-order valence-electron chi connectivity index (χ1n) is 6.72. The van der Waals surface area contributed by atoms with Gasteiger partial charge in [-0.1, -0.05) is 37.1 Å². The second-order valence-electron chi connectivity index (χ2n) is 5.59. The van der Waals surface area contributed by atoms with E-state index in [0.29, 0.717) is 0 Å². The van der Waals surface area contributed by atoms with Crippen LogP contribution in [-0.4, -0.2) is 13.2 Å². The van der Waals surface area contributed by atoms with Gasteiger partial charge in [-0.25, -0.2) is 0 Å². The van der Waals surface area contributed by atoms with Crippen LogP contribution < -0.4 is 0 Å². The Balaban J connectivity index is 1.82. The topological polar surface area (TPSA) is 18.5 Å². The molecule has 2 nitrogen and oxygen atoms in total. The summed E-state index contributed by atoms with van der Waals surface area (Å²) < 4.78 is 12.2. The van der Waals surface area contributed by atoms with E-state index in [-0.39, 0.29) is 5.41 Å². The third kappa shape index (κ3) is 1.97. The number of ether oxygens (including phenoxy) is 2. The van der Waals surface area contributed by atoms with Crippen LogP contribution in [0.1, 0.15) is 38.2 Å². The van der Waals surface area contributed by atoms with Gasteiger partial charge in [0.15, 0.2) is 5.79 Å². The van der Waals surface area contributed by atoms with E-state index in [2.05, 4.69) is 6.92 Å². The van der Waals surface area contributed by atoms with Gasteiger partial charge in [0.05, 0.1) is 13.2 Å². The van der Waals surface area contributed by atoms with Crippen LogP contribution in [0.25, 0.3) is 0 Å². The van der Waals surface area contributed by atoms with Crippen LogP contribution in [0.15, 0.2) is 24.3 Å². The second-order valence-corrected chi connectivity index (χ2v) is 6.02. The van der Waals surface area contributed by atoms with E-state index in [1.54, 1.807) is 0 Å². The molecule has 0 amide bonds. The summed E-state index contributed by atoms with van der Waals surface area (Å²) in [6.07, 6.45) is 4.54. The minimum absolute atomic E-state index is 0.267. The number of halogens is 1. The summed E-state index contributed by atoms with van der Waals surface area (Å²) >= 11 is 5.93. The fourth-order valence-corrected chi connectivity index (χ4v) is 3.28. The Hall–Kier alpha value is -0.570. The molecule has 3 heterocycles. The smallest absolute Gasteiger partial charge is 0.194 e. The van der Waals surface area contributed by atoms with Crippen LogP contribution in [0, 0.1) is 5.41 Å². The predicted octanol–water partition coefficient (Wildman–Crippen LogP) is 4.12. The Morgan fingerprint density at radius 2 is 1.78 bits per heavy atom. The highest BCUT2D eigenvalue weighted by atomic mass is 35.5. The summed E-state index contributed by atoms with van der Waals surface area (Å²) in [4.78, 5) is 0. The lowest BCUT2D eigenvalue weighted by Gasteiger charge is -2.53. The third-order valence-electron chi connectivity index (χ3n) is 4.27. The summed E-state index contributed by atoms with van der Waals surface area (Å²) in [7, 11) is 0. The van der Waals surface area contributed by atoms with Crippen molar-refractivity contribution in [2.45, 2.75) is 38.4 Å². The Labute approximate surface area is 113 Å². The number of hydrogen-bond donors (Lipinski definition) is 0. The van der Waals surface area contributed by atoms with Crippen molar-refractivity contribution in [3.05, 3.63) is 34.9 Å². The van der Waals surface area contributed by atoms with Crippen molar-refractivity contribution >= 4 is 11.6 Å². The highest BCUT2D eigenvalue weighted by Gasteiger charge is 2.51. The maximum atomic E-state index is 6.08. The molecule has 18 heavy (non-hydrogen) atoms. The summed E-state index contributed by atoms with van der Waals surface area (Å²) in [6.45, 7) is 3.87. The molecule has 1 aromatic carbocycles. The minimum Gasteiger partial charge on any atom is -0.345 e. The summed E-state index contributed by atoms with van der Waals surface area (Å²) in [5.41, 5.74) is 1.36. The molecule has 0 aromatic heterocycles. The zero-order valence-electron chi connectivity index (χ0n) is 10.7. The molecular weight excluding hydrogens is 248 g/mol. The molecule has 0 aliphatic carbocycles. The molecule has 0 radical (unpaired) electrons. The van der Waals surface area contributed by atoms with Crippen LogP contribution in [0.5, 0.6) is 0 Å². The van der Waals surface area contributed by atoms with Crippen molar-refractivity contribution in [3.63, 3.8) is 0 Å². The average Bonchev–Trinajstić information content (AvgIpc) is 2.42. The zero-order valence-corrected chi connectivity index (χ0v) is 11.5. The number of hydrogen-bond acceptors (Lipinski definition) is 2. The summed E-state index contributed by atoms with van der Waals surface area (Å²) in [5.74, 6) is -0.514. The van der Waals surface area contributed by atoms with Crippen molar-refractivity contribution < 1.29 is 9.47 Å². The lowest BCUT2D eigenvalue weighted by molar-refractivity contribution is -0.351. The molecule has 4 rings (SSSR count). The first-order valence-corrected chi connectivity index (χ1v) is 7.10. The van der Waals surface area contributed by atoms with Crippen LogP contribution in [0.3, 0.4) is 0 Å². The molecule has 2 bridgehead atoms. The monoisotopic (exact) mass is 266 g/mol. The van der Waals surface area contributed by atoms with Crippen LogP contribution >= 0.6 is 11.6 Å². The lowest BCUT2D eigenvalue weighted by Crippen LogP contribution is -2.53. The van der Waals surface area contributed by atoms with Crippen molar-refractivity contribution in [3.8, 4) is 0 Å². The van der Waals surface area contributed by atoms with Gasteiger partial charge in [0.1, 0.15) is 0 Å². The van der Waals surface area contributed by atoms with Gasteiger partial charge in [-0.2, -0.15) is 0 Å². The van der Waals surface area contributed by atoms with E-state index in [9.17, 15) is 0 Å². The molecule has 3 aliphatic heterocycles. The Morgan fingerprint density at radius 3 is 2.28 bits per heavy atom. The van der Waals surface area contributed by atoms with Crippen molar-refractivity contribution in [2.75, 3.05) is 13.2 Å². The fourth-order valence-electron chi connectivity index (χ4n) is 3.16. The van der Waals surface area contributed by atoms with E-state index in [1.807, 2.05) is 24.3 Å². The zero-order chi connectivity index (χ0) is 12.6. The van der Waals surface area contributed by atoms with Gasteiger partial charge < -0.3 is 9.47 Å². The molecule has 1 aromatic rings. The quantitative estimate of drug-likeness (QED) is 0.819. The number of rotatable bonds is 3. The van der Waals surface area contributed by atoms with Crippen molar-refractivity contribution in [2.24, 2.45) is 5.41 Å². The van der Waals surface area contributed by atoms with Gasteiger partial charge in [-0.05, 0) is 25.0 Å². The SMILES string of the molecule is CCCC12CCC(c3ccc(Cl)cc3)(OC1)OC2. The second kappa shape index (κ2) is 4.52.